The number of hydrogen-bond acceptors (Lipinski definition) is 4. The molecule has 0 atom stereocenters. The fraction of sp³-hybridized carbons (Fsp3) is 0.300. The van der Waals surface area contributed by atoms with Gasteiger partial charge in [-0.3, -0.25) is 9.59 Å². The zero-order valence-electron chi connectivity index (χ0n) is 14.1. The summed E-state index contributed by atoms with van der Waals surface area (Å²) in [5.41, 5.74) is 1.61. The molecule has 0 spiro atoms. The van der Waals surface area contributed by atoms with Crippen LogP contribution in [0, 0.1) is 0 Å². The van der Waals surface area contributed by atoms with E-state index in [9.17, 15) is 9.59 Å². The van der Waals surface area contributed by atoms with Gasteiger partial charge in [0.25, 0.3) is 0 Å². The highest BCUT2D eigenvalue weighted by Crippen LogP contribution is 2.15. The van der Waals surface area contributed by atoms with Crippen molar-refractivity contribution in [1.29, 1.82) is 0 Å². The van der Waals surface area contributed by atoms with Gasteiger partial charge in [0.1, 0.15) is 11.5 Å². The predicted octanol–water partition coefficient (Wildman–Crippen LogP) is 3.87. The van der Waals surface area contributed by atoms with Crippen molar-refractivity contribution in [2.24, 2.45) is 0 Å². The smallest absolute Gasteiger partial charge is 0.228 e. The molecule has 0 aliphatic carbocycles. The minimum absolute atomic E-state index is 0.279. The number of benzene rings is 2. The van der Waals surface area contributed by atoms with E-state index in [1.807, 2.05) is 24.3 Å². The maximum absolute atomic E-state index is 12.1. The third-order valence-electron chi connectivity index (χ3n) is 3.88. The molecule has 2 aromatic carbocycles. The summed E-state index contributed by atoms with van der Waals surface area (Å²) in [7, 11) is 3.20. The first kappa shape index (κ1) is 17.7. The van der Waals surface area contributed by atoms with Crippen LogP contribution in [-0.4, -0.2) is 25.8 Å². The summed E-state index contributed by atoms with van der Waals surface area (Å²) in [4.78, 5) is 24.1. The second kappa shape index (κ2) is 8.87. The van der Waals surface area contributed by atoms with E-state index >= 15 is 0 Å². The van der Waals surface area contributed by atoms with Crippen molar-refractivity contribution in [2.75, 3.05) is 14.2 Å². The van der Waals surface area contributed by atoms with Crippen molar-refractivity contribution in [3.8, 4) is 11.5 Å². The molecule has 126 valence electrons. The summed E-state index contributed by atoms with van der Waals surface area (Å²) in [5.74, 6) is 0.731. The lowest BCUT2D eigenvalue weighted by atomic mass is 10.0. The van der Waals surface area contributed by atoms with E-state index in [1.165, 1.54) is 5.56 Å². The molecule has 24 heavy (non-hydrogen) atoms. The predicted molar refractivity (Wildman–Crippen MR) is 92.9 cm³/mol. The van der Waals surface area contributed by atoms with Crippen LogP contribution >= 0.6 is 0 Å². The number of rotatable bonds is 9. The zero-order valence-corrected chi connectivity index (χ0v) is 14.1. The molecule has 4 heteroatoms. The van der Waals surface area contributed by atoms with Gasteiger partial charge in [-0.1, -0.05) is 12.1 Å². The van der Waals surface area contributed by atoms with Gasteiger partial charge in [0.15, 0.2) is 0 Å². The number of carbonyl (C=O) groups is 2. The Morgan fingerprint density at radius 3 is 1.88 bits per heavy atom. The average molecular weight is 326 g/mol. The Kier molecular flexibility index (Phi) is 6.55. The second-order valence-electron chi connectivity index (χ2n) is 5.54. The molecule has 0 N–H and O–H groups in total. The zero-order chi connectivity index (χ0) is 17.4. The van der Waals surface area contributed by atoms with Gasteiger partial charge in [-0.05, 0) is 61.2 Å². The number of carbonyl (C=O) groups excluding carboxylic acids is 2. The number of aryl methyl sites for hydroxylation is 1. The molecule has 0 aliphatic heterocycles. The fourth-order valence-corrected chi connectivity index (χ4v) is 2.42. The molecule has 4 nitrogen and oxygen atoms in total. The van der Waals surface area contributed by atoms with E-state index in [-0.39, 0.29) is 12.2 Å². The van der Waals surface area contributed by atoms with Crippen LogP contribution in [0.2, 0.25) is 0 Å². The summed E-state index contributed by atoms with van der Waals surface area (Å²) in [6, 6.07) is 14.5. The van der Waals surface area contributed by atoms with E-state index < -0.39 is 5.78 Å². The van der Waals surface area contributed by atoms with E-state index in [1.54, 1.807) is 38.5 Å². The molecule has 0 heterocycles. The molecule has 0 saturated carbocycles. The van der Waals surface area contributed by atoms with Crippen LogP contribution in [0.3, 0.4) is 0 Å². The van der Waals surface area contributed by atoms with E-state index in [0.29, 0.717) is 17.7 Å². The topological polar surface area (TPSA) is 52.6 Å². The van der Waals surface area contributed by atoms with Gasteiger partial charge >= 0.3 is 0 Å². The van der Waals surface area contributed by atoms with Crippen LogP contribution in [0.15, 0.2) is 48.5 Å². The highest BCUT2D eigenvalue weighted by molar-refractivity contribution is 6.43. The Bertz CT molecular complexity index is 672. The van der Waals surface area contributed by atoms with Gasteiger partial charge in [-0.25, -0.2) is 0 Å². The molecule has 0 saturated heterocycles. The molecule has 0 radical (unpaired) electrons. The van der Waals surface area contributed by atoms with E-state index in [4.69, 9.17) is 9.47 Å². The maximum Gasteiger partial charge on any atom is 0.228 e. The molecular formula is C20H22O4. The van der Waals surface area contributed by atoms with Gasteiger partial charge in [0.05, 0.1) is 14.2 Å². The van der Waals surface area contributed by atoms with Gasteiger partial charge in [0, 0.05) is 12.0 Å². The normalized spacial score (nSPS) is 10.2. The van der Waals surface area contributed by atoms with Crippen LogP contribution in [0.25, 0.3) is 0 Å². The molecule has 0 aliphatic rings. The molecule has 0 unspecified atom stereocenters. The summed E-state index contributed by atoms with van der Waals surface area (Å²) < 4.78 is 10.2. The van der Waals surface area contributed by atoms with Crippen molar-refractivity contribution in [3.63, 3.8) is 0 Å². The van der Waals surface area contributed by atoms with Crippen molar-refractivity contribution in [2.45, 2.75) is 25.7 Å². The van der Waals surface area contributed by atoms with E-state index in [2.05, 4.69) is 0 Å². The Morgan fingerprint density at radius 2 is 1.33 bits per heavy atom. The third kappa shape index (κ3) is 4.95. The molecule has 0 amide bonds. The Balaban J connectivity index is 1.76. The standard InChI is InChI=1S/C20H22O4/c1-23-17-11-7-15(8-12-17)5-3-4-6-19(21)20(22)16-9-13-18(24-2)14-10-16/h7-14H,3-6H2,1-2H3. The van der Waals surface area contributed by atoms with Crippen LogP contribution in [0.5, 0.6) is 11.5 Å². The SMILES string of the molecule is COc1ccc(CCCCC(=O)C(=O)c2ccc(OC)cc2)cc1. The lowest BCUT2D eigenvalue weighted by molar-refractivity contribution is -0.115. The summed E-state index contributed by atoms with van der Waals surface area (Å²) in [6.07, 6.45) is 2.73. The number of Topliss-reactive ketones (excluding diaryl/α,β-unsaturated/α-hetero) is 2. The van der Waals surface area contributed by atoms with Gasteiger partial charge in [-0.15, -0.1) is 0 Å². The van der Waals surface area contributed by atoms with Crippen molar-refractivity contribution in [1.82, 2.24) is 0 Å². The van der Waals surface area contributed by atoms with Crippen LogP contribution in [-0.2, 0) is 11.2 Å². The Hall–Kier alpha value is -2.62. The van der Waals surface area contributed by atoms with Gasteiger partial charge < -0.3 is 9.47 Å². The van der Waals surface area contributed by atoms with Gasteiger partial charge in [0.2, 0.25) is 11.6 Å². The van der Waals surface area contributed by atoms with E-state index in [0.717, 1.165) is 18.6 Å². The Morgan fingerprint density at radius 1 is 0.792 bits per heavy atom. The number of ketones is 2. The second-order valence-corrected chi connectivity index (χ2v) is 5.54. The first-order valence-electron chi connectivity index (χ1n) is 7.98. The van der Waals surface area contributed by atoms with Crippen molar-refractivity contribution < 1.29 is 19.1 Å². The van der Waals surface area contributed by atoms with Crippen molar-refractivity contribution >= 4 is 11.6 Å². The van der Waals surface area contributed by atoms with Crippen LogP contribution in [0.1, 0.15) is 35.2 Å². The lowest BCUT2D eigenvalue weighted by Crippen LogP contribution is -2.13. The molecule has 0 bridgehead atoms. The summed E-state index contributed by atoms with van der Waals surface area (Å²) in [5, 5.41) is 0. The molecular weight excluding hydrogens is 304 g/mol. The quantitative estimate of drug-likeness (QED) is 0.399. The number of hydrogen-bond donors (Lipinski definition) is 0. The highest BCUT2D eigenvalue weighted by atomic mass is 16.5. The number of ether oxygens (including phenoxy) is 2. The molecule has 0 aromatic heterocycles. The summed E-state index contributed by atoms with van der Waals surface area (Å²) >= 11 is 0. The van der Waals surface area contributed by atoms with Crippen LogP contribution in [0.4, 0.5) is 0 Å². The van der Waals surface area contributed by atoms with Gasteiger partial charge in [-0.2, -0.15) is 0 Å². The maximum atomic E-state index is 12.1. The average Bonchev–Trinajstić information content (AvgIpc) is 2.65. The monoisotopic (exact) mass is 326 g/mol. The minimum Gasteiger partial charge on any atom is -0.497 e. The minimum atomic E-state index is -0.429. The Labute approximate surface area is 142 Å². The molecule has 2 aromatic rings. The van der Waals surface area contributed by atoms with Crippen molar-refractivity contribution in [3.05, 3.63) is 59.7 Å². The fourth-order valence-electron chi connectivity index (χ4n) is 2.42. The summed E-state index contributed by atoms with van der Waals surface area (Å²) in [6.45, 7) is 0. The van der Waals surface area contributed by atoms with Crippen LogP contribution < -0.4 is 9.47 Å². The largest absolute Gasteiger partial charge is 0.497 e. The first-order chi connectivity index (χ1) is 11.6. The number of unbranched alkanes of at least 4 members (excludes halogenated alkanes) is 1. The highest BCUT2D eigenvalue weighted by Gasteiger charge is 2.15. The third-order valence-corrected chi connectivity index (χ3v) is 3.88. The molecule has 2 rings (SSSR count). The number of methoxy groups -OCH3 is 2. The first-order valence-corrected chi connectivity index (χ1v) is 7.98. The lowest BCUT2D eigenvalue weighted by Gasteiger charge is -2.04. The molecule has 0 fully saturated rings.